The minimum atomic E-state index is -0.354. The summed E-state index contributed by atoms with van der Waals surface area (Å²) in [6, 6.07) is 19.8. The summed E-state index contributed by atoms with van der Waals surface area (Å²) in [6.45, 7) is 5.49. The van der Waals surface area contributed by atoms with Crippen LogP contribution in [0.25, 0.3) is 10.8 Å². The first-order valence-corrected chi connectivity index (χ1v) is 11.5. The van der Waals surface area contributed by atoms with Gasteiger partial charge < -0.3 is 9.64 Å². The average molecular weight is 449 g/mol. The normalized spacial score (nSPS) is 11.1. The van der Waals surface area contributed by atoms with Crippen LogP contribution in [-0.2, 0) is 13.2 Å². The Kier molecular flexibility index (Phi) is 6.81. The highest BCUT2D eigenvalue weighted by molar-refractivity contribution is 7.09. The minimum Gasteiger partial charge on any atom is -0.486 e. The standard InChI is InChI=1S/C26H25FN2O2S/c1-18(2)14-29(26(30)20-10-12-21(27)13-11-20)15-22-17-32-25(28-22)16-31-24-9-5-7-19-6-3-4-8-23(19)24/h3-13,17-18H,14-16H2,1-2H3. The highest BCUT2D eigenvalue weighted by Gasteiger charge is 2.19. The van der Waals surface area contributed by atoms with Gasteiger partial charge in [-0.1, -0.05) is 50.2 Å². The number of fused-ring (bicyclic) bond motifs is 1. The molecule has 0 spiro atoms. The second-order valence-electron chi connectivity index (χ2n) is 8.08. The van der Waals surface area contributed by atoms with Gasteiger partial charge in [-0.15, -0.1) is 11.3 Å². The zero-order chi connectivity index (χ0) is 22.5. The van der Waals surface area contributed by atoms with Gasteiger partial charge in [-0.05, 0) is 41.6 Å². The van der Waals surface area contributed by atoms with Gasteiger partial charge in [-0.25, -0.2) is 9.37 Å². The van der Waals surface area contributed by atoms with E-state index in [1.807, 2.05) is 35.7 Å². The Balaban J connectivity index is 1.45. The van der Waals surface area contributed by atoms with Crippen LogP contribution in [0.1, 0.15) is 34.9 Å². The zero-order valence-electron chi connectivity index (χ0n) is 18.1. The van der Waals surface area contributed by atoms with E-state index in [1.54, 1.807) is 4.90 Å². The Morgan fingerprint density at radius 2 is 1.81 bits per heavy atom. The van der Waals surface area contributed by atoms with Crippen molar-refractivity contribution in [2.75, 3.05) is 6.54 Å². The molecule has 0 saturated heterocycles. The first kappa shape index (κ1) is 22.0. The predicted molar refractivity (Wildman–Crippen MR) is 126 cm³/mol. The van der Waals surface area contributed by atoms with E-state index >= 15 is 0 Å². The van der Waals surface area contributed by atoms with Gasteiger partial charge in [-0.3, -0.25) is 4.79 Å². The highest BCUT2D eigenvalue weighted by Crippen LogP contribution is 2.26. The second-order valence-corrected chi connectivity index (χ2v) is 9.03. The lowest BCUT2D eigenvalue weighted by atomic mass is 10.1. The van der Waals surface area contributed by atoms with Crippen LogP contribution in [0.3, 0.4) is 0 Å². The Morgan fingerprint density at radius 3 is 2.59 bits per heavy atom. The number of nitrogens with zero attached hydrogens (tertiary/aromatic N) is 2. The number of halogens is 1. The summed E-state index contributed by atoms with van der Waals surface area (Å²) < 4.78 is 19.3. The molecule has 0 saturated carbocycles. The van der Waals surface area contributed by atoms with E-state index in [1.165, 1.54) is 35.6 Å². The summed E-state index contributed by atoms with van der Waals surface area (Å²) in [5, 5.41) is 5.02. The van der Waals surface area contributed by atoms with Crippen molar-refractivity contribution < 1.29 is 13.9 Å². The molecule has 1 aromatic heterocycles. The maximum Gasteiger partial charge on any atom is 0.254 e. The smallest absolute Gasteiger partial charge is 0.254 e. The molecular weight excluding hydrogens is 423 g/mol. The van der Waals surface area contributed by atoms with Crippen molar-refractivity contribution in [1.29, 1.82) is 0 Å². The van der Waals surface area contributed by atoms with E-state index in [4.69, 9.17) is 4.74 Å². The van der Waals surface area contributed by atoms with Crippen molar-refractivity contribution in [3.63, 3.8) is 0 Å². The fourth-order valence-electron chi connectivity index (χ4n) is 3.58. The molecular formula is C26H25FN2O2S. The molecule has 3 aromatic carbocycles. The number of ether oxygens (including phenoxy) is 1. The molecule has 0 aliphatic carbocycles. The Bertz CT molecular complexity index is 1200. The van der Waals surface area contributed by atoms with Gasteiger partial charge in [0.05, 0.1) is 12.2 Å². The average Bonchev–Trinajstić information content (AvgIpc) is 3.24. The summed E-state index contributed by atoms with van der Waals surface area (Å²) in [5.74, 6) is 0.646. The van der Waals surface area contributed by atoms with Crippen LogP contribution >= 0.6 is 11.3 Å². The van der Waals surface area contributed by atoms with E-state index in [0.29, 0.717) is 31.2 Å². The Labute approximate surface area is 191 Å². The number of hydrogen-bond donors (Lipinski definition) is 0. The largest absolute Gasteiger partial charge is 0.486 e. The molecule has 0 fully saturated rings. The molecule has 1 amide bonds. The number of benzene rings is 3. The SMILES string of the molecule is CC(C)CN(Cc1csc(COc2cccc3ccccc23)n1)C(=O)c1ccc(F)cc1. The first-order chi connectivity index (χ1) is 15.5. The number of hydrogen-bond acceptors (Lipinski definition) is 4. The van der Waals surface area contributed by atoms with Gasteiger partial charge in [-0.2, -0.15) is 0 Å². The summed E-state index contributed by atoms with van der Waals surface area (Å²) in [5.41, 5.74) is 1.30. The number of thiazole rings is 1. The van der Waals surface area contributed by atoms with Gasteiger partial charge >= 0.3 is 0 Å². The van der Waals surface area contributed by atoms with Crippen molar-refractivity contribution >= 4 is 28.0 Å². The third-order valence-electron chi connectivity index (χ3n) is 5.02. The fraction of sp³-hybridized carbons (Fsp3) is 0.231. The van der Waals surface area contributed by atoms with Gasteiger partial charge in [0.15, 0.2) is 0 Å². The molecule has 0 N–H and O–H groups in total. The van der Waals surface area contributed by atoms with Crippen molar-refractivity contribution in [1.82, 2.24) is 9.88 Å². The van der Waals surface area contributed by atoms with Crippen molar-refractivity contribution in [3.05, 3.63) is 94.2 Å². The van der Waals surface area contributed by atoms with E-state index in [-0.39, 0.29) is 11.7 Å². The maximum atomic E-state index is 13.2. The molecule has 0 bridgehead atoms. The third kappa shape index (κ3) is 5.32. The quantitative estimate of drug-likeness (QED) is 0.317. The summed E-state index contributed by atoms with van der Waals surface area (Å²) in [6.07, 6.45) is 0. The molecule has 0 aliphatic heterocycles. The monoisotopic (exact) mass is 448 g/mol. The summed E-state index contributed by atoms with van der Waals surface area (Å²) in [4.78, 5) is 19.4. The Hall–Kier alpha value is -3.25. The fourth-order valence-corrected chi connectivity index (χ4v) is 4.28. The van der Waals surface area contributed by atoms with E-state index < -0.39 is 0 Å². The molecule has 0 aliphatic rings. The molecule has 0 radical (unpaired) electrons. The number of amides is 1. The van der Waals surface area contributed by atoms with Crippen LogP contribution in [0, 0.1) is 11.7 Å². The van der Waals surface area contributed by atoms with Crippen LogP contribution < -0.4 is 4.74 Å². The van der Waals surface area contributed by atoms with Crippen LogP contribution in [0.2, 0.25) is 0 Å². The molecule has 0 atom stereocenters. The van der Waals surface area contributed by atoms with Gasteiger partial charge in [0.1, 0.15) is 23.2 Å². The summed E-state index contributed by atoms with van der Waals surface area (Å²) in [7, 11) is 0. The molecule has 4 rings (SSSR count). The molecule has 0 unspecified atom stereocenters. The molecule has 32 heavy (non-hydrogen) atoms. The Morgan fingerprint density at radius 1 is 1.06 bits per heavy atom. The molecule has 6 heteroatoms. The van der Waals surface area contributed by atoms with Crippen LogP contribution in [0.5, 0.6) is 5.75 Å². The van der Waals surface area contributed by atoms with Crippen molar-refractivity contribution in [2.45, 2.75) is 27.0 Å². The number of rotatable bonds is 8. The predicted octanol–water partition coefficient (Wildman–Crippen LogP) is 6.31. The van der Waals surface area contributed by atoms with Gasteiger partial charge in [0.25, 0.3) is 5.91 Å². The minimum absolute atomic E-state index is 0.125. The van der Waals surface area contributed by atoms with Crippen LogP contribution in [0.15, 0.2) is 72.1 Å². The molecule has 4 aromatic rings. The number of aromatic nitrogens is 1. The van der Waals surface area contributed by atoms with Crippen LogP contribution in [0.4, 0.5) is 4.39 Å². The lowest BCUT2D eigenvalue weighted by Crippen LogP contribution is -2.33. The second kappa shape index (κ2) is 9.92. The number of carbonyl (C=O) groups excluding carboxylic acids is 1. The molecule has 1 heterocycles. The van der Waals surface area contributed by atoms with Crippen molar-refractivity contribution in [3.8, 4) is 5.75 Å². The third-order valence-corrected chi connectivity index (χ3v) is 5.89. The zero-order valence-corrected chi connectivity index (χ0v) is 18.9. The van der Waals surface area contributed by atoms with Crippen molar-refractivity contribution in [2.24, 2.45) is 5.92 Å². The topological polar surface area (TPSA) is 42.4 Å². The lowest BCUT2D eigenvalue weighted by Gasteiger charge is -2.24. The highest BCUT2D eigenvalue weighted by atomic mass is 32.1. The maximum absolute atomic E-state index is 13.2. The molecule has 4 nitrogen and oxygen atoms in total. The van der Waals surface area contributed by atoms with Crippen LogP contribution in [-0.4, -0.2) is 22.3 Å². The van der Waals surface area contributed by atoms with E-state index in [0.717, 1.165) is 27.2 Å². The lowest BCUT2D eigenvalue weighted by molar-refractivity contribution is 0.0720. The first-order valence-electron chi connectivity index (χ1n) is 10.6. The molecule has 164 valence electrons. The summed E-state index contributed by atoms with van der Waals surface area (Å²) >= 11 is 1.52. The van der Waals surface area contributed by atoms with Gasteiger partial charge in [0.2, 0.25) is 0 Å². The van der Waals surface area contributed by atoms with Gasteiger partial charge in [0, 0.05) is 22.9 Å². The van der Waals surface area contributed by atoms with E-state index in [2.05, 4.69) is 31.0 Å². The van der Waals surface area contributed by atoms with E-state index in [9.17, 15) is 9.18 Å². The number of carbonyl (C=O) groups is 1.